The smallest absolute Gasteiger partial charge is 0.254 e. The molecule has 148 valence electrons. The lowest BCUT2D eigenvalue weighted by Crippen LogP contribution is -2.45. The highest BCUT2D eigenvalue weighted by Crippen LogP contribution is 2.39. The van der Waals surface area contributed by atoms with Crippen LogP contribution in [0.1, 0.15) is 45.5 Å². The van der Waals surface area contributed by atoms with Crippen LogP contribution >= 0.6 is 0 Å². The van der Waals surface area contributed by atoms with E-state index < -0.39 is 5.60 Å². The molecule has 0 aliphatic carbocycles. The van der Waals surface area contributed by atoms with E-state index in [9.17, 15) is 14.4 Å². The molecule has 29 heavy (non-hydrogen) atoms. The minimum Gasteiger partial charge on any atom is -0.484 e. The molecule has 1 unspecified atom stereocenters. The Morgan fingerprint density at radius 2 is 1.93 bits per heavy atom. The molecule has 3 aliphatic rings. The minimum absolute atomic E-state index is 0.0564. The van der Waals surface area contributed by atoms with Crippen LogP contribution in [0.25, 0.3) is 0 Å². The van der Waals surface area contributed by atoms with E-state index in [2.05, 4.69) is 0 Å². The lowest BCUT2D eigenvalue weighted by Gasteiger charge is -2.34. The first-order chi connectivity index (χ1) is 14.0. The zero-order chi connectivity index (χ0) is 20.2. The van der Waals surface area contributed by atoms with E-state index in [1.165, 1.54) is 0 Å². The molecule has 2 aromatic carbocycles. The third kappa shape index (κ3) is 2.90. The van der Waals surface area contributed by atoms with E-state index in [-0.39, 0.29) is 17.6 Å². The molecule has 1 spiro atoms. The number of benzene rings is 2. The third-order valence-electron chi connectivity index (χ3n) is 6.27. The number of carbonyl (C=O) groups is 3. The van der Waals surface area contributed by atoms with Crippen LogP contribution in [0.4, 0.5) is 5.69 Å². The van der Waals surface area contributed by atoms with Crippen LogP contribution < -0.4 is 9.64 Å². The molecule has 0 N–H and O–H groups in total. The molecule has 1 fully saturated rings. The van der Waals surface area contributed by atoms with Gasteiger partial charge in [-0.05, 0) is 42.3 Å². The zero-order valence-electron chi connectivity index (χ0n) is 16.3. The molecule has 0 bridgehead atoms. The second kappa shape index (κ2) is 6.44. The molecule has 6 heteroatoms. The number of hydrogen-bond donors (Lipinski definition) is 0. The molecule has 6 nitrogen and oxygen atoms in total. The van der Waals surface area contributed by atoms with Crippen LogP contribution in [0.2, 0.25) is 0 Å². The number of amides is 2. The maximum atomic E-state index is 13.1. The summed E-state index contributed by atoms with van der Waals surface area (Å²) >= 11 is 0. The zero-order valence-corrected chi connectivity index (χ0v) is 16.3. The standard InChI is InChI=1S/C23H22N2O4/c1-24-18-8-6-16(12-15(18)7-9-21(24)27)22(28)25-11-10-23(14-25)13-19(26)17-4-2-3-5-20(17)29-23/h2-6,8,12H,7,9-11,13-14H2,1H3. The Labute approximate surface area is 169 Å². The van der Waals surface area contributed by atoms with Crippen molar-refractivity contribution in [3.8, 4) is 5.75 Å². The van der Waals surface area contributed by atoms with Crippen molar-refractivity contribution in [2.75, 3.05) is 25.0 Å². The maximum absolute atomic E-state index is 13.1. The number of aryl methyl sites for hydroxylation is 1. The molecule has 0 aromatic heterocycles. The predicted octanol–water partition coefficient (Wildman–Crippen LogP) is 2.85. The molecule has 1 saturated heterocycles. The average molecular weight is 390 g/mol. The van der Waals surface area contributed by atoms with E-state index in [1.54, 1.807) is 29.0 Å². The van der Waals surface area contributed by atoms with E-state index in [1.807, 2.05) is 30.3 Å². The van der Waals surface area contributed by atoms with Gasteiger partial charge >= 0.3 is 0 Å². The number of Topliss-reactive ketones (excluding diaryl/α,β-unsaturated/α-hetero) is 1. The number of ketones is 1. The van der Waals surface area contributed by atoms with Crippen LogP contribution in [-0.4, -0.2) is 48.2 Å². The Kier molecular flexibility index (Phi) is 3.98. The molecule has 2 amide bonds. The number of fused-ring (bicyclic) bond motifs is 2. The van der Waals surface area contributed by atoms with Crippen LogP contribution in [-0.2, 0) is 11.2 Å². The summed E-state index contributed by atoms with van der Waals surface area (Å²) in [4.78, 5) is 41.0. The molecule has 0 radical (unpaired) electrons. The number of likely N-dealkylation sites (tertiary alicyclic amines) is 1. The fourth-order valence-corrected chi connectivity index (χ4v) is 4.66. The summed E-state index contributed by atoms with van der Waals surface area (Å²) in [5.74, 6) is 0.721. The Morgan fingerprint density at radius 1 is 1.10 bits per heavy atom. The van der Waals surface area contributed by atoms with Crippen molar-refractivity contribution in [2.24, 2.45) is 0 Å². The second-order valence-corrected chi connectivity index (χ2v) is 8.15. The van der Waals surface area contributed by atoms with E-state index in [4.69, 9.17) is 4.74 Å². The first-order valence-electron chi connectivity index (χ1n) is 9.96. The molecule has 0 saturated carbocycles. The maximum Gasteiger partial charge on any atom is 0.254 e. The largest absolute Gasteiger partial charge is 0.484 e. The van der Waals surface area contributed by atoms with E-state index >= 15 is 0 Å². The summed E-state index contributed by atoms with van der Waals surface area (Å²) in [6.45, 7) is 0.963. The fraction of sp³-hybridized carbons (Fsp3) is 0.348. The van der Waals surface area contributed by atoms with Gasteiger partial charge in [-0.2, -0.15) is 0 Å². The van der Waals surface area contributed by atoms with Crippen LogP contribution in [0.3, 0.4) is 0 Å². The highest BCUT2D eigenvalue weighted by atomic mass is 16.5. The lowest BCUT2D eigenvalue weighted by molar-refractivity contribution is -0.118. The molecule has 2 aromatic rings. The van der Waals surface area contributed by atoms with Gasteiger partial charge in [-0.3, -0.25) is 14.4 Å². The van der Waals surface area contributed by atoms with Crippen molar-refractivity contribution in [1.29, 1.82) is 0 Å². The van der Waals surface area contributed by atoms with Crippen LogP contribution in [0.5, 0.6) is 5.75 Å². The van der Waals surface area contributed by atoms with Crippen molar-refractivity contribution >= 4 is 23.3 Å². The summed E-state index contributed by atoms with van der Waals surface area (Å²) in [7, 11) is 1.77. The first kappa shape index (κ1) is 17.9. The van der Waals surface area contributed by atoms with Gasteiger partial charge in [-0.1, -0.05) is 12.1 Å². The molecule has 1 atom stereocenters. The molecule has 3 aliphatic heterocycles. The summed E-state index contributed by atoms with van der Waals surface area (Å²) in [6, 6.07) is 12.8. The van der Waals surface area contributed by atoms with Gasteiger partial charge in [-0.25, -0.2) is 0 Å². The van der Waals surface area contributed by atoms with Gasteiger partial charge in [0.05, 0.1) is 18.5 Å². The monoisotopic (exact) mass is 390 g/mol. The van der Waals surface area contributed by atoms with E-state index in [0.29, 0.717) is 55.6 Å². The van der Waals surface area contributed by atoms with Gasteiger partial charge in [0, 0.05) is 37.7 Å². The summed E-state index contributed by atoms with van der Waals surface area (Å²) < 4.78 is 6.22. The average Bonchev–Trinajstić information content (AvgIpc) is 3.13. The van der Waals surface area contributed by atoms with Crippen molar-refractivity contribution < 1.29 is 19.1 Å². The second-order valence-electron chi connectivity index (χ2n) is 8.15. The summed E-state index contributed by atoms with van der Waals surface area (Å²) in [6.07, 6.45) is 2.05. The SMILES string of the molecule is CN1C(=O)CCc2cc(C(=O)N3CCC4(CC(=O)c5ccccc5O4)C3)ccc21. The van der Waals surface area contributed by atoms with Gasteiger partial charge in [0.15, 0.2) is 5.78 Å². The number of hydrogen-bond acceptors (Lipinski definition) is 4. The Hall–Kier alpha value is -3.15. The van der Waals surface area contributed by atoms with Gasteiger partial charge in [0.1, 0.15) is 11.4 Å². The number of nitrogens with zero attached hydrogens (tertiary/aromatic N) is 2. The Bertz CT molecular complexity index is 1050. The lowest BCUT2D eigenvalue weighted by atomic mass is 9.89. The highest BCUT2D eigenvalue weighted by Gasteiger charge is 2.47. The normalized spacial score (nSPS) is 23.1. The Balaban J connectivity index is 1.37. The number of ether oxygens (including phenoxy) is 1. The first-order valence-corrected chi connectivity index (χ1v) is 9.96. The van der Waals surface area contributed by atoms with Crippen LogP contribution in [0, 0.1) is 0 Å². The minimum atomic E-state index is -0.637. The number of anilines is 1. The van der Waals surface area contributed by atoms with Crippen molar-refractivity contribution in [2.45, 2.75) is 31.3 Å². The Morgan fingerprint density at radius 3 is 2.79 bits per heavy atom. The molecular weight excluding hydrogens is 368 g/mol. The topological polar surface area (TPSA) is 66.9 Å². The quantitative estimate of drug-likeness (QED) is 0.751. The van der Waals surface area contributed by atoms with E-state index in [0.717, 1.165) is 11.3 Å². The fourth-order valence-electron chi connectivity index (χ4n) is 4.66. The van der Waals surface area contributed by atoms with Crippen molar-refractivity contribution in [3.63, 3.8) is 0 Å². The molecular formula is C23H22N2O4. The summed E-state index contributed by atoms with van der Waals surface area (Å²) in [5.41, 5.74) is 2.49. The van der Waals surface area contributed by atoms with Crippen LogP contribution in [0.15, 0.2) is 42.5 Å². The molecule has 5 rings (SSSR count). The van der Waals surface area contributed by atoms with Crippen molar-refractivity contribution in [1.82, 2.24) is 4.90 Å². The predicted molar refractivity (Wildman–Crippen MR) is 107 cm³/mol. The van der Waals surface area contributed by atoms with Gasteiger partial charge in [-0.15, -0.1) is 0 Å². The molecule has 3 heterocycles. The number of para-hydroxylation sites is 1. The van der Waals surface area contributed by atoms with Gasteiger partial charge in [0.2, 0.25) is 5.91 Å². The van der Waals surface area contributed by atoms with Gasteiger partial charge in [0.25, 0.3) is 5.91 Å². The third-order valence-corrected chi connectivity index (χ3v) is 6.27. The summed E-state index contributed by atoms with van der Waals surface area (Å²) in [5, 5.41) is 0. The number of carbonyl (C=O) groups excluding carboxylic acids is 3. The highest BCUT2D eigenvalue weighted by molar-refractivity contribution is 6.01. The van der Waals surface area contributed by atoms with Crippen molar-refractivity contribution in [3.05, 3.63) is 59.2 Å². The number of rotatable bonds is 1. The van der Waals surface area contributed by atoms with Gasteiger partial charge < -0.3 is 14.5 Å².